The minimum absolute atomic E-state index is 0.266. The molecule has 1 N–H and O–H groups in total. The lowest BCUT2D eigenvalue weighted by molar-refractivity contribution is 0.168. The fourth-order valence-corrected chi connectivity index (χ4v) is 3.49. The van der Waals surface area contributed by atoms with Crippen LogP contribution in [0.15, 0.2) is 21.7 Å². The Labute approximate surface area is 172 Å². The van der Waals surface area contributed by atoms with E-state index in [0.29, 0.717) is 54.4 Å². The smallest absolute Gasteiger partial charge is 0.332 e. The molecule has 0 spiro atoms. The molecule has 0 unspecified atom stereocenters. The van der Waals surface area contributed by atoms with Gasteiger partial charge in [-0.3, -0.25) is 18.8 Å². The maximum Gasteiger partial charge on any atom is 0.332 e. The number of hydroxylamine groups is 1. The van der Waals surface area contributed by atoms with Crippen molar-refractivity contribution in [2.24, 2.45) is 0 Å². The van der Waals surface area contributed by atoms with E-state index in [9.17, 15) is 9.59 Å². The number of H-pyrrole nitrogens is 1. The van der Waals surface area contributed by atoms with E-state index in [1.807, 2.05) is 20.8 Å². The summed E-state index contributed by atoms with van der Waals surface area (Å²) in [6.45, 7) is 7.22. The van der Waals surface area contributed by atoms with Crippen molar-refractivity contribution in [1.82, 2.24) is 24.1 Å². The second-order valence-corrected chi connectivity index (χ2v) is 6.98. The molecular formula is C19H25ClN6O3. The van der Waals surface area contributed by atoms with Gasteiger partial charge in [-0.2, -0.15) is 0 Å². The van der Waals surface area contributed by atoms with Gasteiger partial charge in [0.15, 0.2) is 11.5 Å². The maximum absolute atomic E-state index is 12.9. The minimum Gasteiger partial charge on any atom is -0.332 e. The largest absolute Gasteiger partial charge is 0.332 e. The first-order valence-electron chi connectivity index (χ1n) is 9.68. The number of anilines is 1. The number of aromatic nitrogens is 5. The molecular weight excluding hydrogens is 396 g/mol. The van der Waals surface area contributed by atoms with Gasteiger partial charge in [-0.25, -0.2) is 19.8 Å². The lowest BCUT2D eigenvalue weighted by Gasteiger charge is -2.19. The van der Waals surface area contributed by atoms with Gasteiger partial charge in [-0.1, -0.05) is 25.4 Å². The van der Waals surface area contributed by atoms with Crippen molar-refractivity contribution in [3.05, 3.63) is 38.1 Å². The van der Waals surface area contributed by atoms with Crippen molar-refractivity contribution in [3.8, 4) is 11.4 Å². The van der Waals surface area contributed by atoms with Crippen LogP contribution in [-0.2, 0) is 17.9 Å². The van der Waals surface area contributed by atoms with Crippen LogP contribution in [0.3, 0.4) is 0 Å². The van der Waals surface area contributed by atoms with Gasteiger partial charge in [0.05, 0.1) is 7.11 Å². The Bertz CT molecular complexity index is 1130. The number of rotatable bonds is 8. The summed E-state index contributed by atoms with van der Waals surface area (Å²) < 4.78 is 2.80. The lowest BCUT2D eigenvalue weighted by atomic mass is 10.2. The standard InChI is InChI=1S/C19H25ClN6O3/c1-5-8-24-17-15(18(27)25(9-6-2)19(24)28)22-16(23-17)12-10-13(20)21-14(11-12)26(7-3)29-4/h10-11H,5-9H2,1-4H3,(H,22,23). The van der Waals surface area contributed by atoms with E-state index >= 15 is 0 Å². The second kappa shape index (κ2) is 8.79. The average molecular weight is 421 g/mol. The maximum atomic E-state index is 12.9. The number of hydrogen-bond donors (Lipinski definition) is 1. The van der Waals surface area contributed by atoms with Gasteiger partial charge >= 0.3 is 5.69 Å². The van der Waals surface area contributed by atoms with Crippen molar-refractivity contribution in [2.75, 3.05) is 18.7 Å². The SMILES string of the molecule is CCCn1c(=O)c2[nH]c(-c3cc(Cl)nc(N(CC)OC)c3)nc2n(CCC)c1=O. The van der Waals surface area contributed by atoms with E-state index in [0.717, 1.165) is 6.42 Å². The molecule has 156 valence electrons. The van der Waals surface area contributed by atoms with E-state index < -0.39 is 0 Å². The van der Waals surface area contributed by atoms with Gasteiger partial charge in [0.25, 0.3) is 5.56 Å². The summed E-state index contributed by atoms with van der Waals surface area (Å²) in [5, 5.41) is 1.85. The topological polar surface area (TPSA) is 98.0 Å². The molecule has 0 saturated carbocycles. The van der Waals surface area contributed by atoms with E-state index in [1.165, 1.54) is 4.57 Å². The molecule has 3 heterocycles. The minimum atomic E-state index is -0.370. The number of imidazole rings is 1. The van der Waals surface area contributed by atoms with Crippen LogP contribution >= 0.6 is 11.6 Å². The number of nitrogens with zero attached hydrogens (tertiary/aromatic N) is 5. The summed E-state index contributed by atoms with van der Waals surface area (Å²) in [7, 11) is 1.55. The predicted octanol–water partition coefficient (Wildman–Crippen LogP) is 2.81. The molecule has 0 aliphatic rings. The van der Waals surface area contributed by atoms with Crippen LogP contribution in [0.2, 0.25) is 5.15 Å². The van der Waals surface area contributed by atoms with Gasteiger partial charge in [0, 0.05) is 25.2 Å². The number of nitrogens with one attached hydrogen (secondary N) is 1. The van der Waals surface area contributed by atoms with Crippen molar-refractivity contribution >= 4 is 28.6 Å². The van der Waals surface area contributed by atoms with Crippen LogP contribution in [0, 0.1) is 0 Å². The molecule has 3 aromatic rings. The molecule has 0 aliphatic heterocycles. The lowest BCUT2D eigenvalue weighted by Crippen LogP contribution is -2.40. The summed E-state index contributed by atoms with van der Waals surface area (Å²) in [5.74, 6) is 0.959. The molecule has 0 radical (unpaired) electrons. The zero-order valence-corrected chi connectivity index (χ0v) is 17.8. The molecule has 0 amide bonds. The van der Waals surface area contributed by atoms with Gasteiger partial charge in [-0.15, -0.1) is 0 Å². The number of aryl methyl sites for hydroxylation is 1. The molecule has 3 aromatic heterocycles. The molecule has 0 saturated heterocycles. The first-order chi connectivity index (χ1) is 13.9. The number of pyridine rings is 1. The van der Waals surface area contributed by atoms with E-state index in [1.54, 1.807) is 28.9 Å². The molecule has 9 nitrogen and oxygen atoms in total. The Morgan fingerprint density at radius 1 is 1.10 bits per heavy atom. The first-order valence-corrected chi connectivity index (χ1v) is 10.1. The highest BCUT2D eigenvalue weighted by Gasteiger charge is 2.18. The zero-order valence-electron chi connectivity index (χ0n) is 17.0. The Morgan fingerprint density at radius 3 is 2.41 bits per heavy atom. The molecule has 0 bridgehead atoms. The average Bonchev–Trinajstić information content (AvgIpc) is 3.15. The normalized spacial score (nSPS) is 11.3. The molecule has 0 aromatic carbocycles. The summed E-state index contributed by atoms with van der Waals surface area (Å²) in [6, 6.07) is 3.42. The van der Waals surface area contributed by atoms with Crippen LogP contribution in [0.25, 0.3) is 22.6 Å². The van der Waals surface area contributed by atoms with Crippen LogP contribution < -0.4 is 16.3 Å². The number of fused-ring (bicyclic) bond motifs is 1. The van der Waals surface area contributed by atoms with Crippen LogP contribution in [0.4, 0.5) is 5.82 Å². The monoisotopic (exact) mass is 420 g/mol. The summed E-state index contributed by atoms with van der Waals surface area (Å²) in [6.07, 6.45) is 1.42. The third kappa shape index (κ3) is 3.92. The molecule has 0 aliphatic carbocycles. The summed E-state index contributed by atoms with van der Waals surface area (Å²) in [4.78, 5) is 42.9. The Kier molecular flexibility index (Phi) is 6.39. The van der Waals surface area contributed by atoms with E-state index in [4.69, 9.17) is 16.4 Å². The molecule has 3 rings (SSSR count). The highest BCUT2D eigenvalue weighted by molar-refractivity contribution is 6.29. The van der Waals surface area contributed by atoms with Crippen molar-refractivity contribution < 1.29 is 4.84 Å². The Hall–Kier alpha value is -2.65. The molecule has 0 atom stereocenters. The molecule has 0 fully saturated rings. The first kappa shape index (κ1) is 21.1. The van der Waals surface area contributed by atoms with Gasteiger partial charge in [-0.05, 0) is 31.9 Å². The Balaban J connectivity index is 2.25. The summed E-state index contributed by atoms with van der Waals surface area (Å²) >= 11 is 6.20. The number of halogens is 1. The van der Waals surface area contributed by atoms with Crippen molar-refractivity contribution in [3.63, 3.8) is 0 Å². The highest BCUT2D eigenvalue weighted by atomic mass is 35.5. The molecule has 10 heteroatoms. The number of hydrogen-bond acceptors (Lipinski definition) is 6. The van der Waals surface area contributed by atoms with Crippen molar-refractivity contribution in [2.45, 2.75) is 46.7 Å². The van der Waals surface area contributed by atoms with E-state index in [-0.39, 0.29) is 16.4 Å². The summed E-state index contributed by atoms with van der Waals surface area (Å²) in [5.41, 5.74) is 0.580. The zero-order chi connectivity index (χ0) is 21.1. The van der Waals surface area contributed by atoms with Crippen LogP contribution in [-0.4, -0.2) is 37.7 Å². The van der Waals surface area contributed by atoms with Gasteiger partial charge in [0.2, 0.25) is 0 Å². The van der Waals surface area contributed by atoms with Gasteiger partial charge < -0.3 is 4.98 Å². The molecule has 29 heavy (non-hydrogen) atoms. The fourth-order valence-electron chi connectivity index (χ4n) is 3.28. The fraction of sp³-hybridized carbons (Fsp3) is 0.474. The van der Waals surface area contributed by atoms with Crippen LogP contribution in [0.1, 0.15) is 33.6 Å². The third-order valence-corrected chi connectivity index (χ3v) is 4.77. The Morgan fingerprint density at radius 2 is 1.79 bits per heavy atom. The quantitative estimate of drug-likeness (QED) is 0.444. The van der Waals surface area contributed by atoms with Crippen LogP contribution in [0.5, 0.6) is 0 Å². The highest BCUT2D eigenvalue weighted by Crippen LogP contribution is 2.26. The van der Waals surface area contributed by atoms with Gasteiger partial charge in [0.1, 0.15) is 16.5 Å². The number of aromatic amines is 1. The third-order valence-electron chi connectivity index (χ3n) is 4.57. The predicted molar refractivity (Wildman–Crippen MR) is 113 cm³/mol. The van der Waals surface area contributed by atoms with Crippen molar-refractivity contribution in [1.29, 1.82) is 0 Å². The second-order valence-electron chi connectivity index (χ2n) is 6.59. The van der Waals surface area contributed by atoms with E-state index in [2.05, 4.69) is 15.0 Å².